The van der Waals surface area contributed by atoms with Gasteiger partial charge in [-0.15, -0.1) is 6.42 Å². The molecule has 0 aliphatic rings. The van der Waals surface area contributed by atoms with Crippen LogP contribution in [-0.2, 0) is 14.8 Å². The number of aliphatic carboxylic acids is 1. The smallest absolute Gasteiger partial charge is 0.318 e. The molecule has 0 atom stereocenters. The summed E-state index contributed by atoms with van der Waals surface area (Å²) in [6.45, 7) is 0.691. The number of methoxy groups -OCH3 is 1. The van der Waals surface area contributed by atoms with Gasteiger partial charge in [0, 0.05) is 0 Å². The second-order valence-electron chi connectivity index (χ2n) is 4.03. The molecule has 7 heteroatoms. The summed E-state index contributed by atoms with van der Waals surface area (Å²) in [5.41, 5.74) is 0.709. The van der Waals surface area contributed by atoms with Gasteiger partial charge in [0.05, 0.1) is 13.7 Å². The van der Waals surface area contributed by atoms with Gasteiger partial charge in [0.1, 0.15) is 17.2 Å². The van der Waals surface area contributed by atoms with Crippen molar-refractivity contribution in [1.82, 2.24) is 4.31 Å². The van der Waals surface area contributed by atoms with Crippen LogP contribution < -0.4 is 4.74 Å². The van der Waals surface area contributed by atoms with Crippen LogP contribution in [0, 0.1) is 19.3 Å². The lowest BCUT2D eigenvalue weighted by Crippen LogP contribution is -2.36. The van der Waals surface area contributed by atoms with Crippen LogP contribution in [0.2, 0.25) is 0 Å². The molecule has 1 aromatic carbocycles. The number of hydrogen-bond acceptors (Lipinski definition) is 4. The van der Waals surface area contributed by atoms with Crippen LogP contribution in [0.25, 0.3) is 0 Å². The van der Waals surface area contributed by atoms with Gasteiger partial charge < -0.3 is 9.84 Å². The highest BCUT2D eigenvalue weighted by Gasteiger charge is 2.29. The highest BCUT2D eigenvalue weighted by atomic mass is 32.2. The van der Waals surface area contributed by atoms with Gasteiger partial charge >= 0.3 is 5.97 Å². The number of terminal acetylenes is 1. The molecule has 0 saturated heterocycles. The Morgan fingerprint density at radius 3 is 2.65 bits per heavy atom. The highest BCUT2D eigenvalue weighted by molar-refractivity contribution is 7.89. The van der Waals surface area contributed by atoms with E-state index in [4.69, 9.17) is 16.3 Å². The molecule has 0 heterocycles. The number of carboxylic acid groups (broad SMARTS) is 1. The summed E-state index contributed by atoms with van der Waals surface area (Å²) in [6, 6.07) is 4.62. The number of sulfonamides is 1. The maximum Gasteiger partial charge on any atom is 0.318 e. The van der Waals surface area contributed by atoms with Crippen molar-refractivity contribution in [2.45, 2.75) is 11.8 Å². The molecule has 0 bridgehead atoms. The third-order valence-corrected chi connectivity index (χ3v) is 4.33. The third kappa shape index (κ3) is 3.50. The molecular formula is C13H15NO5S. The maximum atomic E-state index is 12.5. The number of aryl methyl sites for hydroxylation is 1. The molecule has 0 aliphatic heterocycles. The molecule has 1 rings (SSSR count). The van der Waals surface area contributed by atoms with Crippen LogP contribution >= 0.6 is 0 Å². The van der Waals surface area contributed by atoms with E-state index < -0.39 is 22.5 Å². The normalized spacial score (nSPS) is 11.1. The van der Waals surface area contributed by atoms with Gasteiger partial charge in [-0.3, -0.25) is 4.79 Å². The Bertz CT molecular complexity index is 645. The van der Waals surface area contributed by atoms with Crippen molar-refractivity contribution in [2.75, 3.05) is 20.2 Å². The molecule has 0 radical (unpaired) electrons. The Morgan fingerprint density at radius 1 is 1.50 bits per heavy atom. The van der Waals surface area contributed by atoms with Gasteiger partial charge in [-0.1, -0.05) is 12.0 Å². The molecule has 0 saturated carbocycles. The molecule has 0 aromatic heterocycles. The second kappa shape index (κ2) is 6.41. The number of ether oxygens (including phenoxy) is 1. The maximum absolute atomic E-state index is 12.5. The molecule has 0 fully saturated rings. The summed E-state index contributed by atoms with van der Waals surface area (Å²) in [6.07, 6.45) is 5.10. The van der Waals surface area contributed by atoms with Crippen molar-refractivity contribution < 1.29 is 23.1 Å². The highest BCUT2D eigenvalue weighted by Crippen LogP contribution is 2.27. The van der Waals surface area contributed by atoms with Crippen LogP contribution in [0.15, 0.2) is 23.1 Å². The minimum absolute atomic E-state index is 0.100. The van der Waals surface area contributed by atoms with Gasteiger partial charge in [0.2, 0.25) is 10.0 Å². The van der Waals surface area contributed by atoms with E-state index in [1.165, 1.54) is 19.2 Å². The Labute approximate surface area is 118 Å². The van der Waals surface area contributed by atoms with E-state index in [2.05, 4.69) is 5.92 Å². The minimum Gasteiger partial charge on any atom is -0.495 e. The van der Waals surface area contributed by atoms with Crippen LogP contribution in [-0.4, -0.2) is 44.0 Å². The van der Waals surface area contributed by atoms with Crippen LogP contribution in [0.3, 0.4) is 0 Å². The summed E-state index contributed by atoms with van der Waals surface area (Å²) in [4.78, 5) is 10.7. The topological polar surface area (TPSA) is 83.9 Å². The molecule has 0 spiro atoms. The van der Waals surface area contributed by atoms with Crippen LogP contribution in [0.5, 0.6) is 5.75 Å². The van der Waals surface area contributed by atoms with E-state index in [-0.39, 0.29) is 17.2 Å². The summed E-state index contributed by atoms with van der Waals surface area (Å²) in [5, 5.41) is 8.80. The molecule has 0 amide bonds. The van der Waals surface area contributed by atoms with E-state index in [9.17, 15) is 13.2 Å². The Morgan fingerprint density at radius 2 is 2.15 bits per heavy atom. The third-order valence-electron chi connectivity index (χ3n) is 2.52. The fraction of sp³-hybridized carbons (Fsp3) is 0.308. The number of carbonyl (C=O) groups is 1. The van der Waals surface area contributed by atoms with Crippen molar-refractivity contribution in [3.05, 3.63) is 23.8 Å². The first-order valence-electron chi connectivity index (χ1n) is 5.63. The largest absolute Gasteiger partial charge is 0.495 e. The van der Waals surface area contributed by atoms with Crippen molar-refractivity contribution in [3.63, 3.8) is 0 Å². The van der Waals surface area contributed by atoms with Crippen molar-refractivity contribution in [1.29, 1.82) is 0 Å². The Kier molecular flexibility index (Phi) is 5.13. The SMILES string of the molecule is C#CCN(CC(=O)O)S(=O)(=O)c1cc(C)ccc1OC. The van der Waals surface area contributed by atoms with Crippen LogP contribution in [0.1, 0.15) is 5.56 Å². The predicted octanol–water partition coefficient (Wildman–Crippen LogP) is 0.712. The molecule has 108 valence electrons. The zero-order chi connectivity index (χ0) is 15.3. The Hall–Kier alpha value is -2.04. The average molecular weight is 297 g/mol. The number of hydrogen-bond donors (Lipinski definition) is 1. The van der Waals surface area contributed by atoms with E-state index >= 15 is 0 Å². The first kappa shape index (κ1) is 16.0. The number of rotatable bonds is 6. The van der Waals surface area contributed by atoms with E-state index in [1.54, 1.807) is 13.0 Å². The van der Waals surface area contributed by atoms with Gasteiger partial charge in [0.25, 0.3) is 0 Å². The standard InChI is InChI=1S/C13H15NO5S/c1-4-7-14(9-13(15)16)20(17,18)12-8-10(2)5-6-11(12)19-3/h1,5-6,8H,7,9H2,2-3H3,(H,15,16). The first-order valence-corrected chi connectivity index (χ1v) is 7.07. The summed E-state index contributed by atoms with van der Waals surface area (Å²) in [7, 11) is -2.70. The van der Waals surface area contributed by atoms with Gasteiger partial charge in [-0.05, 0) is 24.6 Å². The second-order valence-corrected chi connectivity index (χ2v) is 5.93. The van der Waals surface area contributed by atoms with E-state index in [0.717, 1.165) is 0 Å². The molecule has 20 heavy (non-hydrogen) atoms. The monoisotopic (exact) mass is 297 g/mol. The number of nitrogens with zero attached hydrogens (tertiary/aromatic N) is 1. The van der Waals surface area contributed by atoms with Crippen molar-refractivity contribution in [2.24, 2.45) is 0 Å². The molecular weight excluding hydrogens is 282 g/mol. The minimum atomic E-state index is -4.04. The van der Waals surface area contributed by atoms with Crippen molar-refractivity contribution in [3.8, 4) is 18.1 Å². The lowest BCUT2D eigenvalue weighted by atomic mass is 10.2. The average Bonchev–Trinajstić information content (AvgIpc) is 2.37. The predicted molar refractivity (Wildman–Crippen MR) is 73.0 cm³/mol. The first-order chi connectivity index (χ1) is 9.32. The molecule has 1 aromatic rings. The summed E-state index contributed by atoms with van der Waals surface area (Å²) >= 11 is 0. The fourth-order valence-corrected chi connectivity index (χ4v) is 3.15. The summed E-state index contributed by atoms with van der Waals surface area (Å²) in [5.74, 6) is 1.00. The van der Waals surface area contributed by atoms with Crippen LogP contribution in [0.4, 0.5) is 0 Å². The van der Waals surface area contributed by atoms with Gasteiger partial charge in [0.15, 0.2) is 0 Å². The lowest BCUT2D eigenvalue weighted by molar-refractivity contribution is -0.137. The zero-order valence-corrected chi connectivity index (χ0v) is 12.0. The Balaban J connectivity index is 3.36. The molecule has 0 aliphatic carbocycles. The zero-order valence-electron chi connectivity index (χ0n) is 11.2. The van der Waals surface area contributed by atoms with Gasteiger partial charge in [-0.2, -0.15) is 4.31 Å². The fourth-order valence-electron chi connectivity index (χ4n) is 1.60. The molecule has 0 unspecified atom stereocenters. The van der Waals surface area contributed by atoms with Crippen molar-refractivity contribution >= 4 is 16.0 Å². The molecule has 6 nitrogen and oxygen atoms in total. The molecule has 1 N–H and O–H groups in total. The summed E-state index contributed by atoms with van der Waals surface area (Å²) < 4.78 is 30.7. The lowest BCUT2D eigenvalue weighted by Gasteiger charge is -2.19. The number of carboxylic acids is 1. The number of benzene rings is 1. The van der Waals surface area contributed by atoms with Gasteiger partial charge in [-0.25, -0.2) is 8.42 Å². The quantitative estimate of drug-likeness (QED) is 0.782. The van der Waals surface area contributed by atoms with E-state index in [1.807, 2.05) is 0 Å². The van der Waals surface area contributed by atoms with E-state index in [0.29, 0.717) is 9.87 Å².